The molecule has 0 radical (unpaired) electrons. The van der Waals surface area contributed by atoms with Gasteiger partial charge in [-0.25, -0.2) is 5.84 Å². The van der Waals surface area contributed by atoms with Crippen LogP contribution in [0.2, 0.25) is 0 Å². The first-order valence-corrected chi connectivity index (χ1v) is 9.95. The second kappa shape index (κ2) is 9.89. The summed E-state index contributed by atoms with van der Waals surface area (Å²) in [7, 11) is 1.62. The van der Waals surface area contributed by atoms with Gasteiger partial charge >= 0.3 is 0 Å². The van der Waals surface area contributed by atoms with Crippen molar-refractivity contribution >= 4 is 17.7 Å². The van der Waals surface area contributed by atoms with E-state index in [0.29, 0.717) is 18.8 Å². The minimum atomic E-state index is -0.409. The highest BCUT2D eigenvalue weighted by Gasteiger charge is 2.31. The average molecular weight is 408 g/mol. The van der Waals surface area contributed by atoms with Crippen molar-refractivity contribution in [3.8, 4) is 0 Å². The molecule has 2 rings (SSSR count). The molecule has 0 aromatic carbocycles. The number of rotatable bonds is 9. The fourth-order valence-electron chi connectivity index (χ4n) is 3.62. The summed E-state index contributed by atoms with van der Waals surface area (Å²) in [4.78, 5) is 37.0. The van der Waals surface area contributed by atoms with E-state index in [1.54, 1.807) is 13.3 Å². The standard InChI is InChI=1S/C20H33N5O4/c1-20(2,29-3)13-24(22)12-16(21)10-23-19(28)15-6-4-14(5-7-15)11-25-17(26)8-9-18(25)27/h8-9,12,14-15H,4-7,10-11,13,21-22H2,1-3H3,(H,23,28)/b16-12-. The monoisotopic (exact) mass is 407 g/mol. The van der Waals surface area contributed by atoms with Crippen LogP contribution in [0.4, 0.5) is 0 Å². The van der Waals surface area contributed by atoms with Crippen molar-refractivity contribution in [3.05, 3.63) is 24.0 Å². The number of nitrogens with zero attached hydrogens (tertiary/aromatic N) is 2. The molecule has 9 heteroatoms. The lowest BCUT2D eigenvalue weighted by Crippen LogP contribution is -2.42. The van der Waals surface area contributed by atoms with Crippen molar-refractivity contribution in [2.75, 3.05) is 26.7 Å². The number of carbonyl (C=O) groups is 3. The first-order chi connectivity index (χ1) is 13.6. The molecule has 162 valence electrons. The van der Waals surface area contributed by atoms with Gasteiger partial charge in [0.05, 0.1) is 18.7 Å². The van der Waals surface area contributed by atoms with Crippen molar-refractivity contribution in [3.63, 3.8) is 0 Å². The van der Waals surface area contributed by atoms with Crippen LogP contribution in [0.3, 0.4) is 0 Å². The van der Waals surface area contributed by atoms with Gasteiger partial charge in [-0.15, -0.1) is 0 Å². The number of hydrogen-bond donors (Lipinski definition) is 3. The summed E-state index contributed by atoms with van der Waals surface area (Å²) in [6.45, 7) is 4.95. The van der Waals surface area contributed by atoms with Crippen molar-refractivity contribution in [2.24, 2.45) is 23.4 Å². The Morgan fingerprint density at radius 1 is 1.28 bits per heavy atom. The number of nitrogens with two attached hydrogens (primary N) is 2. The van der Waals surface area contributed by atoms with Gasteiger partial charge in [0.25, 0.3) is 11.8 Å². The first kappa shape index (κ1) is 22.9. The molecule has 1 aliphatic carbocycles. The Hall–Kier alpha value is -2.39. The maximum absolute atomic E-state index is 12.4. The molecule has 2 aliphatic rings. The van der Waals surface area contributed by atoms with Crippen LogP contribution in [0.1, 0.15) is 39.5 Å². The molecular formula is C20H33N5O4. The van der Waals surface area contributed by atoms with Gasteiger partial charge < -0.3 is 20.8 Å². The SMILES string of the molecule is COC(C)(C)CN(N)/C=C(\N)CNC(=O)C1CCC(CN2C(=O)C=CC2=O)CC1. The minimum absolute atomic E-state index is 0.0319. The van der Waals surface area contributed by atoms with Crippen LogP contribution in [0.15, 0.2) is 24.0 Å². The molecule has 1 heterocycles. The Morgan fingerprint density at radius 2 is 1.86 bits per heavy atom. The summed E-state index contributed by atoms with van der Waals surface area (Å²) >= 11 is 0. The molecule has 3 amide bonds. The van der Waals surface area contributed by atoms with Gasteiger partial charge in [0.1, 0.15) is 0 Å². The fourth-order valence-corrected chi connectivity index (χ4v) is 3.62. The zero-order chi connectivity index (χ0) is 21.6. The third-order valence-corrected chi connectivity index (χ3v) is 5.47. The summed E-state index contributed by atoms with van der Waals surface area (Å²) in [6, 6.07) is 0. The molecule has 1 aliphatic heterocycles. The van der Waals surface area contributed by atoms with Crippen LogP contribution in [0, 0.1) is 11.8 Å². The molecule has 1 fully saturated rings. The van der Waals surface area contributed by atoms with Gasteiger partial charge in [-0.05, 0) is 45.4 Å². The molecule has 0 saturated heterocycles. The van der Waals surface area contributed by atoms with Crippen molar-refractivity contribution < 1.29 is 19.1 Å². The predicted octanol–water partition coefficient (Wildman–Crippen LogP) is 0.235. The van der Waals surface area contributed by atoms with E-state index in [2.05, 4.69) is 5.32 Å². The van der Waals surface area contributed by atoms with E-state index in [-0.39, 0.29) is 36.1 Å². The lowest BCUT2D eigenvalue weighted by Gasteiger charge is -2.30. The third kappa shape index (κ3) is 6.86. The number of carbonyl (C=O) groups excluding carboxylic acids is 3. The summed E-state index contributed by atoms with van der Waals surface area (Å²) in [5, 5.41) is 4.31. The highest BCUT2D eigenvalue weighted by Crippen LogP contribution is 2.30. The summed E-state index contributed by atoms with van der Waals surface area (Å²) in [5.74, 6) is 5.55. The molecule has 9 nitrogen and oxygen atoms in total. The Balaban J connectivity index is 1.72. The Morgan fingerprint density at radius 3 is 2.41 bits per heavy atom. The maximum atomic E-state index is 12.4. The molecule has 0 bridgehead atoms. The zero-order valence-corrected chi connectivity index (χ0v) is 17.5. The Bertz CT molecular complexity index is 662. The molecule has 29 heavy (non-hydrogen) atoms. The van der Waals surface area contributed by atoms with E-state index in [0.717, 1.165) is 25.7 Å². The van der Waals surface area contributed by atoms with Gasteiger partial charge in [0, 0.05) is 43.6 Å². The van der Waals surface area contributed by atoms with Crippen molar-refractivity contribution in [2.45, 2.75) is 45.1 Å². The number of methoxy groups -OCH3 is 1. The van der Waals surface area contributed by atoms with E-state index in [9.17, 15) is 14.4 Å². The van der Waals surface area contributed by atoms with E-state index < -0.39 is 5.60 Å². The van der Waals surface area contributed by atoms with Crippen molar-refractivity contribution in [1.82, 2.24) is 15.2 Å². The lowest BCUT2D eigenvalue weighted by atomic mass is 9.81. The topological polar surface area (TPSA) is 131 Å². The number of hydrogen-bond acceptors (Lipinski definition) is 7. The van der Waals surface area contributed by atoms with Crippen LogP contribution in [0.25, 0.3) is 0 Å². The molecule has 5 N–H and O–H groups in total. The highest BCUT2D eigenvalue weighted by atomic mass is 16.5. The van der Waals surface area contributed by atoms with E-state index in [1.807, 2.05) is 13.8 Å². The van der Waals surface area contributed by atoms with Crippen molar-refractivity contribution in [1.29, 1.82) is 0 Å². The predicted molar refractivity (Wildman–Crippen MR) is 109 cm³/mol. The molecule has 0 aromatic heterocycles. The van der Waals surface area contributed by atoms with Crippen LogP contribution < -0.4 is 16.9 Å². The van der Waals surface area contributed by atoms with E-state index >= 15 is 0 Å². The number of hydrazine groups is 1. The second-order valence-electron chi connectivity index (χ2n) is 8.40. The van der Waals surface area contributed by atoms with E-state index in [4.69, 9.17) is 16.3 Å². The van der Waals surface area contributed by atoms with Gasteiger partial charge in [0.15, 0.2) is 0 Å². The smallest absolute Gasteiger partial charge is 0.253 e. The van der Waals surface area contributed by atoms with Gasteiger partial charge in [0.2, 0.25) is 5.91 Å². The highest BCUT2D eigenvalue weighted by molar-refractivity contribution is 6.12. The number of amides is 3. The minimum Gasteiger partial charge on any atom is -0.399 e. The fraction of sp³-hybridized carbons (Fsp3) is 0.650. The molecular weight excluding hydrogens is 374 g/mol. The first-order valence-electron chi connectivity index (χ1n) is 9.95. The van der Waals surface area contributed by atoms with Gasteiger partial charge in [-0.1, -0.05) is 0 Å². The third-order valence-electron chi connectivity index (χ3n) is 5.47. The summed E-state index contributed by atoms with van der Waals surface area (Å²) in [5.41, 5.74) is 6.01. The molecule has 1 saturated carbocycles. The van der Waals surface area contributed by atoms with Crippen LogP contribution in [0.5, 0.6) is 0 Å². The largest absolute Gasteiger partial charge is 0.399 e. The molecule has 0 unspecified atom stereocenters. The van der Waals surface area contributed by atoms with Gasteiger partial charge in [-0.3, -0.25) is 19.3 Å². The summed E-state index contributed by atoms with van der Waals surface area (Å²) < 4.78 is 5.32. The van der Waals surface area contributed by atoms with Crippen LogP contribution in [-0.2, 0) is 19.1 Å². The average Bonchev–Trinajstić information content (AvgIpc) is 2.98. The molecule has 0 spiro atoms. The number of imide groups is 1. The molecule has 0 aromatic rings. The Kier molecular flexibility index (Phi) is 7.80. The van der Waals surface area contributed by atoms with E-state index in [1.165, 1.54) is 22.1 Å². The van der Waals surface area contributed by atoms with Crippen LogP contribution in [-0.4, -0.2) is 60.0 Å². The van der Waals surface area contributed by atoms with Gasteiger partial charge in [-0.2, -0.15) is 0 Å². The lowest BCUT2D eigenvalue weighted by molar-refractivity contribution is -0.138. The number of ether oxygens (including phenoxy) is 1. The zero-order valence-electron chi connectivity index (χ0n) is 17.5. The Labute approximate surface area is 172 Å². The molecule has 0 atom stereocenters. The quantitative estimate of drug-likeness (QED) is 0.283. The van der Waals surface area contributed by atoms with Crippen LogP contribution >= 0.6 is 0 Å². The second-order valence-corrected chi connectivity index (χ2v) is 8.40. The summed E-state index contributed by atoms with van der Waals surface area (Å²) in [6.07, 6.45) is 7.28. The maximum Gasteiger partial charge on any atom is 0.253 e. The normalized spacial score (nSPS) is 22.9. The number of nitrogens with one attached hydrogen (secondary N) is 1.